The molecule has 0 amide bonds. The zero-order chi connectivity index (χ0) is 17.5. The lowest BCUT2D eigenvalue weighted by molar-refractivity contribution is 0.230. The Balaban J connectivity index is 1.93. The first-order valence-electron chi connectivity index (χ1n) is 7.62. The van der Waals surface area contributed by atoms with Crippen LogP contribution in [0.4, 0.5) is 5.69 Å². The Kier molecular flexibility index (Phi) is 6.70. The molecule has 0 saturated heterocycles. The number of benzene rings is 2. The number of hydrogen-bond acceptors (Lipinski definition) is 3. The molecule has 0 spiro atoms. The number of methoxy groups -OCH3 is 1. The summed E-state index contributed by atoms with van der Waals surface area (Å²) in [6.07, 6.45) is 0.0963. The van der Waals surface area contributed by atoms with E-state index in [1.165, 1.54) is 0 Å². The van der Waals surface area contributed by atoms with Crippen LogP contribution in [-0.2, 0) is 6.54 Å². The number of thiocarbonyl (C=S) groups is 1. The van der Waals surface area contributed by atoms with Crippen LogP contribution < -0.4 is 20.1 Å². The molecule has 0 unspecified atom stereocenters. The minimum absolute atomic E-state index is 0.0963. The summed E-state index contributed by atoms with van der Waals surface area (Å²) in [7, 11) is 1.63. The summed E-state index contributed by atoms with van der Waals surface area (Å²) in [6.45, 7) is 4.54. The van der Waals surface area contributed by atoms with Crippen molar-refractivity contribution in [1.82, 2.24) is 5.32 Å². The SMILES string of the molecule is COc1cc(CNC(=S)Nc2ccc(Cl)cc2)ccc1OC(C)C. The molecule has 2 aromatic rings. The zero-order valence-electron chi connectivity index (χ0n) is 13.9. The summed E-state index contributed by atoms with van der Waals surface area (Å²) < 4.78 is 11.1. The van der Waals surface area contributed by atoms with E-state index in [1.54, 1.807) is 7.11 Å². The molecule has 0 aromatic heterocycles. The summed E-state index contributed by atoms with van der Waals surface area (Å²) in [4.78, 5) is 0. The third-order valence-electron chi connectivity index (χ3n) is 3.15. The zero-order valence-corrected chi connectivity index (χ0v) is 15.5. The van der Waals surface area contributed by atoms with Crippen molar-refractivity contribution in [3.8, 4) is 11.5 Å². The first-order valence-corrected chi connectivity index (χ1v) is 8.40. The van der Waals surface area contributed by atoms with Gasteiger partial charge < -0.3 is 20.1 Å². The fourth-order valence-corrected chi connectivity index (χ4v) is 2.38. The van der Waals surface area contributed by atoms with Crippen LogP contribution in [0.2, 0.25) is 5.02 Å². The lowest BCUT2D eigenvalue weighted by atomic mass is 10.2. The lowest BCUT2D eigenvalue weighted by Crippen LogP contribution is -2.27. The number of nitrogens with one attached hydrogen (secondary N) is 2. The van der Waals surface area contributed by atoms with Crippen LogP contribution in [0.1, 0.15) is 19.4 Å². The number of rotatable bonds is 6. The maximum atomic E-state index is 5.86. The van der Waals surface area contributed by atoms with E-state index in [2.05, 4.69) is 10.6 Å². The summed E-state index contributed by atoms with van der Waals surface area (Å²) >= 11 is 11.2. The van der Waals surface area contributed by atoms with E-state index in [1.807, 2.05) is 56.3 Å². The summed E-state index contributed by atoms with van der Waals surface area (Å²) in [5.41, 5.74) is 1.93. The van der Waals surface area contributed by atoms with Crippen LogP contribution in [0.5, 0.6) is 11.5 Å². The van der Waals surface area contributed by atoms with Gasteiger partial charge in [-0.05, 0) is 68.0 Å². The molecule has 0 bridgehead atoms. The largest absolute Gasteiger partial charge is 0.493 e. The molecule has 0 heterocycles. The van der Waals surface area contributed by atoms with E-state index < -0.39 is 0 Å². The number of anilines is 1. The van der Waals surface area contributed by atoms with Gasteiger partial charge in [-0.2, -0.15) is 0 Å². The van der Waals surface area contributed by atoms with Gasteiger partial charge in [0, 0.05) is 17.3 Å². The summed E-state index contributed by atoms with van der Waals surface area (Å²) in [5.74, 6) is 1.44. The van der Waals surface area contributed by atoms with Gasteiger partial charge in [0.05, 0.1) is 13.2 Å². The van der Waals surface area contributed by atoms with Crippen molar-refractivity contribution < 1.29 is 9.47 Å². The second-order valence-corrected chi connectivity index (χ2v) is 6.31. The van der Waals surface area contributed by atoms with Crippen molar-refractivity contribution in [1.29, 1.82) is 0 Å². The highest BCUT2D eigenvalue weighted by atomic mass is 35.5. The van der Waals surface area contributed by atoms with Crippen molar-refractivity contribution >= 4 is 34.6 Å². The van der Waals surface area contributed by atoms with E-state index in [-0.39, 0.29) is 6.10 Å². The van der Waals surface area contributed by atoms with E-state index >= 15 is 0 Å². The first-order chi connectivity index (χ1) is 11.5. The Morgan fingerprint density at radius 1 is 1.12 bits per heavy atom. The smallest absolute Gasteiger partial charge is 0.171 e. The van der Waals surface area contributed by atoms with Crippen molar-refractivity contribution in [3.05, 3.63) is 53.1 Å². The second kappa shape index (κ2) is 8.76. The predicted octanol–water partition coefficient (Wildman–Crippen LogP) is 4.62. The molecule has 0 radical (unpaired) electrons. The fourth-order valence-electron chi connectivity index (χ4n) is 2.06. The molecule has 0 aliphatic heterocycles. The van der Waals surface area contributed by atoms with Gasteiger partial charge >= 0.3 is 0 Å². The molecule has 0 atom stereocenters. The van der Waals surface area contributed by atoms with Crippen LogP contribution in [0, 0.1) is 0 Å². The topological polar surface area (TPSA) is 42.5 Å². The normalized spacial score (nSPS) is 10.4. The van der Waals surface area contributed by atoms with E-state index in [9.17, 15) is 0 Å². The summed E-state index contributed by atoms with van der Waals surface area (Å²) in [5, 5.41) is 7.51. The Bertz CT molecular complexity index is 690. The van der Waals surface area contributed by atoms with E-state index in [4.69, 9.17) is 33.3 Å². The molecule has 6 heteroatoms. The molecular weight excluding hydrogens is 344 g/mol. The number of hydrogen-bond donors (Lipinski definition) is 2. The molecule has 2 aromatic carbocycles. The van der Waals surface area contributed by atoms with Gasteiger partial charge in [0.25, 0.3) is 0 Å². The fraction of sp³-hybridized carbons (Fsp3) is 0.278. The van der Waals surface area contributed by atoms with E-state index in [0.29, 0.717) is 22.4 Å². The van der Waals surface area contributed by atoms with Gasteiger partial charge in [-0.25, -0.2) is 0 Å². The molecule has 0 aliphatic carbocycles. The molecule has 4 nitrogen and oxygen atoms in total. The molecule has 2 rings (SSSR count). The Hall–Kier alpha value is -1.98. The van der Waals surface area contributed by atoms with Crippen LogP contribution in [-0.4, -0.2) is 18.3 Å². The number of ether oxygens (including phenoxy) is 2. The highest BCUT2D eigenvalue weighted by Gasteiger charge is 2.08. The molecule has 24 heavy (non-hydrogen) atoms. The average Bonchev–Trinajstić information content (AvgIpc) is 2.55. The van der Waals surface area contributed by atoms with Crippen LogP contribution in [0.15, 0.2) is 42.5 Å². The monoisotopic (exact) mass is 364 g/mol. The highest BCUT2D eigenvalue weighted by Crippen LogP contribution is 2.28. The third kappa shape index (κ3) is 5.58. The van der Waals surface area contributed by atoms with Crippen LogP contribution in [0.25, 0.3) is 0 Å². The van der Waals surface area contributed by atoms with Crippen LogP contribution in [0.3, 0.4) is 0 Å². The highest BCUT2D eigenvalue weighted by molar-refractivity contribution is 7.80. The Labute approximate surface area is 153 Å². The molecule has 128 valence electrons. The van der Waals surface area contributed by atoms with Crippen molar-refractivity contribution in [2.45, 2.75) is 26.5 Å². The maximum Gasteiger partial charge on any atom is 0.171 e. The quantitative estimate of drug-likeness (QED) is 0.732. The Morgan fingerprint density at radius 3 is 2.46 bits per heavy atom. The molecular formula is C18H21ClN2O2S. The molecule has 2 N–H and O–H groups in total. The molecule has 0 aliphatic rings. The minimum atomic E-state index is 0.0963. The summed E-state index contributed by atoms with van der Waals surface area (Å²) in [6, 6.07) is 13.2. The standard InChI is InChI=1S/C18H21ClN2O2S/c1-12(2)23-16-9-4-13(10-17(16)22-3)11-20-18(24)21-15-7-5-14(19)6-8-15/h4-10,12H,11H2,1-3H3,(H2,20,21,24). The van der Waals surface area contributed by atoms with Crippen molar-refractivity contribution in [3.63, 3.8) is 0 Å². The maximum absolute atomic E-state index is 5.86. The van der Waals surface area contributed by atoms with Gasteiger partial charge in [0.1, 0.15) is 0 Å². The van der Waals surface area contributed by atoms with E-state index in [0.717, 1.165) is 17.0 Å². The van der Waals surface area contributed by atoms with Crippen LogP contribution >= 0.6 is 23.8 Å². The number of halogens is 1. The van der Waals surface area contributed by atoms with Gasteiger partial charge in [0.15, 0.2) is 16.6 Å². The Morgan fingerprint density at radius 2 is 1.83 bits per heavy atom. The second-order valence-electron chi connectivity index (χ2n) is 5.47. The molecule has 0 fully saturated rings. The predicted molar refractivity (Wildman–Crippen MR) is 103 cm³/mol. The minimum Gasteiger partial charge on any atom is -0.493 e. The lowest BCUT2D eigenvalue weighted by Gasteiger charge is -2.15. The first kappa shape index (κ1) is 18.4. The molecule has 0 saturated carbocycles. The van der Waals surface area contributed by atoms with Crippen molar-refractivity contribution in [2.75, 3.05) is 12.4 Å². The van der Waals surface area contributed by atoms with Gasteiger partial charge in [0.2, 0.25) is 0 Å². The van der Waals surface area contributed by atoms with Crippen molar-refractivity contribution in [2.24, 2.45) is 0 Å². The third-order valence-corrected chi connectivity index (χ3v) is 3.64. The van der Waals surface area contributed by atoms with Gasteiger partial charge in [-0.1, -0.05) is 17.7 Å². The average molecular weight is 365 g/mol. The van der Waals surface area contributed by atoms with Gasteiger partial charge in [-0.15, -0.1) is 0 Å². The van der Waals surface area contributed by atoms with Gasteiger partial charge in [-0.3, -0.25) is 0 Å².